The van der Waals surface area contributed by atoms with Crippen LogP contribution in [0.1, 0.15) is 44.6 Å². The Hall–Kier alpha value is -1.77. The molecule has 6 nitrogen and oxygen atoms in total. The SMILES string of the molecule is CCNC(=NCc1ccc(N2CC=CC2)cc1)NCCCN1CCCCCC1=O.I. The summed E-state index contributed by atoms with van der Waals surface area (Å²) in [6.07, 6.45) is 9.41. The number of likely N-dealkylation sites (tertiary alicyclic amines) is 1. The molecule has 30 heavy (non-hydrogen) atoms. The molecule has 0 unspecified atom stereocenters. The number of guanidine groups is 1. The predicted octanol–water partition coefficient (Wildman–Crippen LogP) is 3.53. The summed E-state index contributed by atoms with van der Waals surface area (Å²) in [5.74, 6) is 1.15. The molecule has 2 heterocycles. The average Bonchev–Trinajstić information content (AvgIpc) is 3.20. The number of rotatable bonds is 8. The molecular weight excluding hydrogens is 489 g/mol. The molecule has 1 fully saturated rings. The molecule has 0 aliphatic carbocycles. The van der Waals surface area contributed by atoms with E-state index in [2.05, 4.69) is 58.9 Å². The Morgan fingerprint density at radius 2 is 1.83 bits per heavy atom. The molecule has 0 atom stereocenters. The minimum atomic E-state index is 0. The lowest BCUT2D eigenvalue weighted by Gasteiger charge is -2.20. The summed E-state index contributed by atoms with van der Waals surface area (Å²) in [5, 5.41) is 6.71. The molecule has 0 saturated carbocycles. The molecule has 166 valence electrons. The van der Waals surface area contributed by atoms with E-state index in [1.165, 1.54) is 17.7 Å². The van der Waals surface area contributed by atoms with E-state index in [0.29, 0.717) is 18.9 Å². The molecule has 2 aliphatic heterocycles. The van der Waals surface area contributed by atoms with Crippen LogP contribution >= 0.6 is 24.0 Å². The van der Waals surface area contributed by atoms with Crippen LogP contribution in [0, 0.1) is 0 Å². The molecule has 3 rings (SSSR count). The van der Waals surface area contributed by atoms with Crippen LogP contribution in [0.25, 0.3) is 0 Å². The minimum absolute atomic E-state index is 0. The predicted molar refractivity (Wildman–Crippen MR) is 136 cm³/mol. The molecule has 1 aromatic rings. The van der Waals surface area contributed by atoms with Gasteiger partial charge in [-0.25, -0.2) is 4.99 Å². The van der Waals surface area contributed by atoms with Crippen LogP contribution in [0.2, 0.25) is 0 Å². The maximum atomic E-state index is 12.1. The van der Waals surface area contributed by atoms with Gasteiger partial charge in [-0.2, -0.15) is 0 Å². The van der Waals surface area contributed by atoms with Crippen molar-refractivity contribution in [2.75, 3.05) is 44.2 Å². The monoisotopic (exact) mass is 525 g/mol. The molecule has 0 aromatic heterocycles. The van der Waals surface area contributed by atoms with Gasteiger partial charge >= 0.3 is 0 Å². The molecule has 0 spiro atoms. The summed E-state index contributed by atoms with van der Waals surface area (Å²) < 4.78 is 0. The summed E-state index contributed by atoms with van der Waals surface area (Å²) >= 11 is 0. The second-order valence-corrected chi connectivity index (χ2v) is 7.71. The summed E-state index contributed by atoms with van der Waals surface area (Å²) in [4.78, 5) is 21.2. The highest BCUT2D eigenvalue weighted by Gasteiger charge is 2.15. The number of carbonyl (C=O) groups excluding carboxylic acids is 1. The van der Waals surface area contributed by atoms with Crippen molar-refractivity contribution < 1.29 is 4.79 Å². The largest absolute Gasteiger partial charge is 0.364 e. The number of hydrogen-bond donors (Lipinski definition) is 2. The van der Waals surface area contributed by atoms with Crippen LogP contribution in [0.5, 0.6) is 0 Å². The van der Waals surface area contributed by atoms with Crippen molar-refractivity contribution in [1.82, 2.24) is 15.5 Å². The first-order valence-corrected chi connectivity index (χ1v) is 11.0. The number of nitrogens with zero attached hydrogens (tertiary/aromatic N) is 3. The van der Waals surface area contributed by atoms with Gasteiger partial charge in [0.1, 0.15) is 0 Å². The molecule has 2 aliphatic rings. The lowest BCUT2D eigenvalue weighted by atomic mass is 10.2. The quantitative estimate of drug-likeness (QED) is 0.179. The van der Waals surface area contributed by atoms with Gasteiger partial charge in [0.15, 0.2) is 5.96 Å². The average molecular weight is 525 g/mol. The Bertz CT molecular complexity index is 696. The number of nitrogens with one attached hydrogen (secondary N) is 2. The normalized spacial score (nSPS) is 17.0. The highest BCUT2D eigenvalue weighted by Crippen LogP contribution is 2.18. The number of hydrogen-bond acceptors (Lipinski definition) is 3. The fourth-order valence-corrected chi connectivity index (χ4v) is 3.76. The third-order valence-corrected chi connectivity index (χ3v) is 5.45. The Labute approximate surface area is 198 Å². The van der Waals surface area contributed by atoms with Crippen molar-refractivity contribution in [2.24, 2.45) is 4.99 Å². The van der Waals surface area contributed by atoms with Gasteiger partial charge in [-0.05, 0) is 43.9 Å². The van der Waals surface area contributed by atoms with Crippen molar-refractivity contribution in [3.63, 3.8) is 0 Å². The van der Waals surface area contributed by atoms with Crippen LogP contribution in [-0.2, 0) is 11.3 Å². The van der Waals surface area contributed by atoms with E-state index in [1.807, 2.05) is 4.90 Å². The maximum Gasteiger partial charge on any atom is 0.222 e. The number of benzene rings is 1. The zero-order valence-corrected chi connectivity index (χ0v) is 20.4. The molecule has 7 heteroatoms. The van der Waals surface area contributed by atoms with E-state index in [9.17, 15) is 4.79 Å². The lowest BCUT2D eigenvalue weighted by molar-refractivity contribution is -0.130. The minimum Gasteiger partial charge on any atom is -0.364 e. The summed E-state index contributed by atoms with van der Waals surface area (Å²) in [6, 6.07) is 8.67. The smallest absolute Gasteiger partial charge is 0.222 e. The van der Waals surface area contributed by atoms with Crippen molar-refractivity contribution in [2.45, 2.75) is 45.6 Å². The number of anilines is 1. The highest BCUT2D eigenvalue weighted by molar-refractivity contribution is 14.0. The molecule has 0 bridgehead atoms. The standard InChI is InChI=1S/C23H35N5O.HI/c1-2-24-23(25-14-8-18-28-17-5-3-4-9-22(28)29)26-19-20-10-12-21(13-11-20)27-15-6-7-16-27;/h6-7,10-13H,2-5,8-9,14-19H2,1H3,(H2,24,25,26);1H. The van der Waals surface area contributed by atoms with Gasteiger partial charge in [0.2, 0.25) is 5.91 Å². The van der Waals surface area contributed by atoms with Gasteiger partial charge < -0.3 is 20.4 Å². The van der Waals surface area contributed by atoms with Crippen molar-refractivity contribution >= 4 is 41.5 Å². The van der Waals surface area contributed by atoms with Crippen LogP contribution in [0.4, 0.5) is 5.69 Å². The molecule has 1 saturated heterocycles. The highest BCUT2D eigenvalue weighted by atomic mass is 127. The van der Waals surface area contributed by atoms with Gasteiger partial charge in [0.05, 0.1) is 6.54 Å². The molecule has 1 aromatic carbocycles. The zero-order valence-electron chi connectivity index (χ0n) is 18.1. The number of halogens is 1. The fraction of sp³-hybridized carbons (Fsp3) is 0.565. The summed E-state index contributed by atoms with van der Waals surface area (Å²) in [6.45, 7) is 8.11. The molecule has 0 radical (unpaired) electrons. The number of carbonyl (C=O) groups is 1. The Morgan fingerprint density at radius 3 is 2.57 bits per heavy atom. The van der Waals surface area contributed by atoms with Crippen LogP contribution in [-0.4, -0.2) is 56.0 Å². The Kier molecular flexibility index (Phi) is 11.0. The second-order valence-electron chi connectivity index (χ2n) is 7.71. The van der Waals surface area contributed by atoms with E-state index in [4.69, 9.17) is 4.99 Å². The number of amides is 1. The Morgan fingerprint density at radius 1 is 1.07 bits per heavy atom. The zero-order chi connectivity index (χ0) is 20.3. The van der Waals surface area contributed by atoms with E-state index in [1.54, 1.807) is 0 Å². The topological polar surface area (TPSA) is 60.0 Å². The van der Waals surface area contributed by atoms with E-state index >= 15 is 0 Å². The van der Waals surface area contributed by atoms with Crippen molar-refractivity contribution in [1.29, 1.82) is 0 Å². The lowest BCUT2D eigenvalue weighted by Crippen LogP contribution is -2.39. The van der Waals surface area contributed by atoms with Gasteiger partial charge in [-0.3, -0.25) is 4.79 Å². The van der Waals surface area contributed by atoms with Gasteiger partial charge in [-0.1, -0.05) is 30.7 Å². The third-order valence-electron chi connectivity index (χ3n) is 5.45. The first kappa shape index (κ1) is 24.5. The fourth-order valence-electron chi connectivity index (χ4n) is 3.76. The third kappa shape index (κ3) is 7.81. The molecule has 1 amide bonds. The van der Waals surface area contributed by atoms with Gasteiger partial charge in [0.25, 0.3) is 0 Å². The van der Waals surface area contributed by atoms with E-state index in [-0.39, 0.29) is 24.0 Å². The summed E-state index contributed by atoms with van der Waals surface area (Å²) in [7, 11) is 0. The van der Waals surface area contributed by atoms with Crippen LogP contribution in [0.3, 0.4) is 0 Å². The number of aliphatic imine (C=N–C) groups is 1. The molecular formula is C23H36IN5O. The van der Waals surface area contributed by atoms with Gasteiger partial charge in [-0.15, -0.1) is 24.0 Å². The maximum absolute atomic E-state index is 12.1. The van der Waals surface area contributed by atoms with E-state index < -0.39 is 0 Å². The second kappa shape index (κ2) is 13.5. The van der Waals surface area contributed by atoms with Gasteiger partial charge in [0, 0.05) is 51.4 Å². The van der Waals surface area contributed by atoms with Crippen molar-refractivity contribution in [3.05, 3.63) is 42.0 Å². The molecule has 2 N–H and O–H groups in total. The van der Waals surface area contributed by atoms with Crippen molar-refractivity contribution in [3.8, 4) is 0 Å². The first-order chi connectivity index (χ1) is 14.3. The van der Waals surface area contributed by atoms with E-state index in [0.717, 1.165) is 64.5 Å². The summed E-state index contributed by atoms with van der Waals surface area (Å²) in [5.41, 5.74) is 2.46. The van der Waals surface area contributed by atoms with Crippen LogP contribution < -0.4 is 15.5 Å². The first-order valence-electron chi connectivity index (χ1n) is 11.0. The Balaban J connectivity index is 0.00000320. The van der Waals surface area contributed by atoms with Crippen LogP contribution in [0.15, 0.2) is 41.4 Å².